The van der Waals surface area contributed by atoms with Gasteiger partial charge in [-0.25, -0.2) is 0 Å². The summed E-state index contributed by atoms with van der Waals surface area (Å²) in [5.74, 6) is -0.349. The van der Waals surface area contributed by atoms with Crippen LogP contribution in [0, 0.1) is 0 Å². The van der Waals surface area contributed by atoms with Gasteiger partial charge in [0.05, 0.1) is 5.52 Å². The van der Waals surface area contributed by atoms with Crippen molar-refractivity contribution in [2.45, 2.75) is 12.8 Å². The highest BCUT2D eigenvalue weighted by atomic mass is 32.1. The molecule has 0 unspecified atom stereocenters. The number of rotatable bonds is 7. The van der Waals surface area contributed by atoms with Gasteiger partial charge in [0, 0.05) is 29.8 Å². The normalized spacial score (nSPS) is 10.7. The van der Waals surface area contributed by atoms with Crippen LogP contribution < -0.4 is 10.6 Å². The molecule has 3 N–H and O–H groups in total. The molecule has 2 heterocycles. The van der Waals surface area contributed by atoms with Crippen LogP contribution in [0.3, 0.4) is 0 Å². The van der Waals surface area contributed by atoms with E-state index < -0.39 is 0 Å². The lowest BCUT2D eigenvalue weighted by Gasteiger charge is -2.05. The van der Waals surface area contributed by atoms with Gasteiger partial charge in [-0.15, -0.1) is 11.3 Å². The van der Waals surface area contributed by atoms with Crippen molar-refractivity contribution in [1.82, 2.24) is 20.8 Å². The Balaban J connectivity index is 1.41. The molecule has 0 radical (unpaired) electrons. The third-order valence-corrected chi connectivity index (χ3v) is 4.53. The van der Waals surface area contributed by atoms with Gasteiger partial charge in [0.25, 0.3) is 5.91 Å². The average Bonchev–Trinajstić information content (AvgIpc) is 3.24. The first kappa shape index (κ1) is 16.2. The molecule has 24 heavy (non-hydrogen) atoms. The molecule has 2 amide bonds. The maximum absolute atomic E-state index is 12.1. The summed E-state index contributed by atoms with van der Waals surface area (Å²) in [6.07, 6.45) is 1.08. The molecule has 0 fully saturated rings. The van der Waals surface area contributed by atoms with Gasteiger partial charge in [0.1, 0.15) is 0 Å². The largest absolute Gasteiger partial charge is 0.356 e. The number of benzene rings is 1. The van der Waals surface area contributed by atoms with E-state index in [2.05, 4.69) is 20.8 Å². The fraction of sp³-hybridized carbons (Fsp3) is 0.235. The molecule has 0 saturated heterocycles. The van der Waals surface area contributed by atoms with Crippen LogP contribution >= 0.6 is 11.3 Å². The maximum atomic E-state index is 12.1. The summed E-state index contributed by atoms with van der Waals surface area (Å²) in [5, 5.41) is 15.2. The minimum atomic E-state index is -0.279. The van der Waals surface area contributed by atoms with Gasteiger partial charge >= 0.3 is 0 Å². The molecular formula is C17H18N4O2S. The highest BCUT2D eigenvalue weighted by Crippen LogP contribution is 2.14. The van der Waals surface area contributed by atoms with Crippen molar-refractivity contribution in [2.75, 3.05) is 13.1 Å². The van der Waals surface area contributed by atoms with Gasteiger partial charge in [-0.3, -0.25) is 14.7 Å². The van der Waals surface area contributed by atoms with E-state index in [1.807, 2.05) is 41.8 Å². The number of nitrogens with one attached hydrogen (secondary N) is 3. The lowest BCUT2D eigenvalue weighted by molar-refractivity contribution is -0.120. The summed E-state index contributed by atoms with van der Waals surface area (Å²) in [6.45, 7) is 0.891. The van der Waals surface area contributed by atoms with Crippen LogP contribution in [-0.2, 0) is 11.2 Å². The van der Waals surface area contributed by atoms with Crippen LogP contribution in [0.2, 0.25) is 0 Å². The Morgan fingerprint density at radius 3 is 2.79 bits per heavy atom. The first-order valence-electron chi connectivity index (χ1n) is 7.74. The molecule has 0 aliphatic rings. The number of aromatic nitrogens is 2. The lowest BCUT2D eigenvalue weighted by atomic mass is 10.2. The molecule has 3 rings (SSSR count). The van der Waals surface area contributed by atoms with E-state index in [1.165, 1.54) is 4.88 Å². The molecule has 0 aliphatic carbocycles. The van der Waals surface area contributed by atoms with Gasteiger partial charge in [0.15, 0.2) is 5.69 Å². The SMILES string of the molecule is O=C(CCNC(=O)c1n[nH]c2ccccc12)NCCc1cccs1. The number of hydrogen-bond donors (Lipinski definition) is 3. The van der Waals surface area contributed by atoms with Gasteiger partial charge < -0.3 is 10.6 Å². The number of aromatic amines is 1. The third-order valence-electron chi connectivity index (χ3n) is 3.60. The summed E-state index contributed by atoms with van der Waals surface area (Å²) in [6, 6.07) is 11.5. The molecule has 0 bridgehead atoms. The molecule has 6 nitrogen and oxygen atoms in total. The van der Waals surface area contributed by atoms with E-state index in [0.29, 0.717) is 12.2 Å². The van der Waals surface area contributed by atoms with Crippen molar-refractivity contribution < 1.29 is 9.59 Å². The fourth-order valence-electron chi connectivity index (χ4n) is 2.38. The van der Waals surface area contributed by atoms with Crippen LogP contribution in [0.1, 0.15) is 21.8 Å². The van der Waals surface area contributed by atoms with Gasteiger partial charge in [-0.2, -0.15) is 5.10 Å². The van der Waals surface area contributed by atoms with Crippen molar-refractivity contribution in [2.24, 2.45) is 0 Å². The predicted molar refractivity (Wildman–Crippen MR) is 94.1 cm³/mol. The van der Waals surface area contributed by atoms with E-state index in [-0.39, 0.29) is 24.8 Å². The predicted octanol–water partition coefficient (Wildman–Crippen LogP) is 2.10. The first-order valence-corrected chi connectivity index (χ1v) is 8.62. The average molecular weight is 342 g/mol. The Labute approximate surface area is 143 Å². The van der Waals surface area contributed by atoms with E-state index in [1.54, 1.807) is 11.3 Å². The lowest BCUT2D eigenvalue weighted by Crippen LogP contribution is -2.31. The Kier molecular flexibility index (Phi) is 5.22. The van der Waals surface area contributed by atoms with Crippen LogP contribution in [0.15, 0.2) is 41.8 Å². The number of H-pyrrole nitrogens is 1. The highest BCUT2D eigenvalue weighted by molar-refractivity contribution is 7.09. The Morgan fingerprint density at radius 1 is 1.08 bits per heavy atom. The van der Waals surface area contributed by atoms with Crippen LogP contribution in [0.4, 0.5) is 0 Å². The Bertz CT molecular complexity index is 826. The van der Waals surface area contributed by atoms with Gasteiger partial charge in [0.2, 0.25) is 5.91 Å². The number of amides is 2. The quantitative estimate of drug-likeness (QED) is 0.614. The smallest absolute Gasteiger partial charge is 0.272 e. The number of carbonyl (C=O) groups excluding carboxylic acids is 2. The van der Waals surface area contributed by atoms with E-state index in [9.17, 15) is 9.59 Å². The van der Waals surface area contributed by atoms with Gasteiger partial charge in [-0.1, -0.05) is 24.3 Å². The standard InChI is InChI=1S/C17H18N4O2S/c22-15(18-9-7-12-4-3-11-24-12)8-10-19-17(23)16-13-5-1-2-6-14(13)20-21-16/h1-6,11H,7-10H2,(H,18,22)(H,19,23)(H,20,21). The molecular weight excluding hydrogens is 324 g/mol. The first-order chi connectivity index (χ1) is 11.7. The van der Waals surface area contributed by atoms with E-state index in [0.717, 1.165) is 17.3 Å². The number of fused-ring (bicyclic) bond motifs is 1. The molecule has 0 spiro atoms. The van der Waals surface area contributed by atoms with Crippen molar-refractivity contribution in [3.05, 3.63) is 52.3 Å². The van der Waals surface area contributed by atoms with Gasteiger partial charge in [-0.05, 0) is 23.9 Å². The number of carbonyl (C=O) groups is 2. The summed E-state index contributed by atoms with van der Waals surface area (Å²) < 4.78 is 0. The molecule has 0 aliphatic heterocycles. The van der Waals surface area contributed by atoms with Crippen LogP contribution in [0.25, 0.3) is 10.9 Å². The topological polar surface area (TPSA) is 86.9 Å². The molecule has 2 aromatic heterocycles. The number of thiophene rings is 1. The second-order valence-electron chi connectivity index (χ2n) is 5.30. The minimum Gasteiger partial charge on any atom is -0.356 e. The van der Waals surface area contributed by atoms with Crippen molar-refractivity contribution in [3.63, 3.8) is 0 Å². The summed E-state index contributed by atoms with van der Waals surface area (Å²) in [5.41, 5.74) is 1.16. The Morgan fingerprint density at radius 2 is 1.96 bits per heavy atom. The van der Waals surface area contributed by atoms with Crippen molar-refractivity contribution in [1.29, 1.82) is 0 Å². The zero-order valence-corrected chi connectivity index (χ0v) is 13.9. The van der Waals surface area contributed by atoms with Crippen molar-refractivity contribution in [3.8, 4) is 0 Å². The van der Waals surface area contributed by atoms with Crippen molar-refractivity contribution >= 4 is 34.1 Å². The fourth-order valence-corrected chi connectivity index (χ4v) is 3.09. The number of para-hydroxylation sites is 1. The third kappa shape index (κ3) is 3.99. The molecule has 0 saturated carbocycles. The van der Waals surface area contributed by atoms with Crippen LogP contribution in [0.5, 0.6) is 0 Å². The molecule has 7 heteroatoms. The minimum absolute atomic E-state index is 0.0706. The van der Waals surface area contributed by atoms with E-state index in [4.69, 9.17) is 0 Å². The number of hydrogen-bond acceptors (Lipinski definition) is 4. The zero-order valence-electron chi connectivity index (χ0n) is 13.0. The summed E-state index contributed by atoms with van der Waals surface area (Å²) >= 11 is 1.68. The summed E-state index contributed by atoms with van der Waals surface area (Å²) in [4.78, 5) is 25.2. The molecule has 0 atom stereocenters. The second-order valence-corrected chi connectivity index (χ2v) is 6.34. The Hall–Kier alpha value is -2.67. The zero-order chi connectivity index (χ0) is 16.8. The molecule has 3 aromatic rings. The molecule has 124 valence electrons. The maximum Gasteiger partial charge on any atom is 0.272 e. The van der Waals surface area contributed by atoms with Crippen LogP contribution in [-0.4, -0.2) is 35.1 Å². The molecule has 1 aromatic carbocycles. The second kappa shape index (κ2) is 7.74. The number of nitrogens with zero attached hydrogens (tertiary/aromatic N) is 1. The van der Waals surface area contributed by atoms with E-state index >= 15 is 0 Å². The summed E-state index contributed by atoms with van der Waals surface area (Å²) in [7, 11) is 0. The monoisotopic (exact) mass is 342 g/mol. The highest BCUT2D eigenvalue weighted by Gasteiger charge is 2.13.